The van der Waals surface area contributed by atoms with Gasteiger partial charge in [0.1, 0.15) is 5.75 Å². The summed E-state index contributed by atoms with van der Waals surface area (Å²) in [7, 11) is 3.07. The highest BCUT2D eigenvalue weighted by atomic mass is 16.5. The van der Waals surface area contributed by atoms with E-state index in [1.54, 1.807) is 36.2 Å². The monoisotopic (exact) mass is 260 g/mol. The van der Waals surface area contributed by atoms with Gasteiger partial charge in [0.2, 0.25) is 5.78 Å². The lowest BCUT2D eigenvalue weighted by molar-refractivity contribution is 0.102. The van der Waals surface area contributed by atoms with Crippen LogP contribution in [0, 0.1) is 0 Å². The highest BCUT2D eigenvalue weighted by Crippen LogP contribution is 2.26. The van der Waals surface area contributed by atoms with Crippen molar-refractivity contribution in [2.45, 2.75) is 13.5 Å². The zero-order valence-corrected chi connectivity index (χ0v) is 11.2. The highest BCUT2D eigenvalue weighted by molar-refractivity contribution is 6.11. The molecule has 0 spiro atoms. The molecule has 0 atom stereocenters. The number of carbonyl (C=O) groups excluding carboxylic acids is 1. The minimum Gasteiger partial charge on any atom is -0.496 e. The van der Waals surface area contributed by atoms with E-state index in [-0.39, 0.29) is 5.78 Å². The van der Waals surface area contributed by atoms with Gasteiger partial charge in [-0.2, -0.15) is 5.10 Å². The molecule has 2 rings (SSSR count). The lowest BCUT2D eigenvalue weighted by Crippen LogP contribution is -2.12. The van der Waals surface area contributed by atoms with Gasteiger partial charge in [-0.3, -0.25) is 9.48 Å². The van der Waals surface area contributed by atoms with E-state index in [2.05, 4.69) is 5.10 Å². The van der Waals surface area contributed by atoms with Gasteiger partial charge in [0.05, 0.1) is 26.0 Å². The number of methoxy groups -OCH3 is 2. The number of hydrogen-bond donors (Lipinski definition) is 0. The first kappa shape index (κ1) is 13.1. The maximum Gasteiger partial charge on any atom is 0.218 e. The number of rotatable bonds is 5. The van der Waals surface area contributed by atoms with Crippen molar-refractivity contribution in [2.24, 2.45) is 0 Å². The number of hydrogen-bond acceptors (Lipinski definition) is 4. The van der Waals surface area contributed by atoms with Crippen molar-refractivity contribution in [3.8, 4) is 11.5 Å². The third-order valence-electron chi connectivity index (χ3n) is 2.89. The fourth-order valence-electron chi connectivity index (χ4n) is 1.95. The third-order valence-corrected chi connectivity index (χ3v) is 2.89. The Morgan fingerprint density at radius 2 is 1.89 bits per heavy atom. The second kappa shape index (κ2) is 5.56. The standard InChI is InChI=1S/C14H16N2O3/c1-4-16-13(12(19-3)9-15-16)14(17)10-7-5-6-8-11(10)18-2/h5-9H,4H2,1-3H3. The second-order valence-electron chi connectivity index (χ2n) is 3.91. The Morgan fingerprint density at radius 1 is 1.21 bits per heavy atom. The van der Waals surface area contributed by atoms with E-state index in [0.29, 0.717) is 29.3 Å². The number of aromatic nitrogens is 2. The summed E-state index contributed by atoms with van der Waals surface area (Å²) >= 11 is 0. The van der Waals surface area contributed by atoms with Gasteiger partial charge in [0, 0.05) is 6.54 Å². The van der Waals surface area contributed by atoms with Crippen LogP contribution in [-0.4, -0.2) is 29.8 Å². The first-order valence-corrected chi connectivity index (χ1v) is 6.00. The number of carbonyl (C=O) groups is 1. The average molecular weight is 260 g/mol. The summed E-state index contributed by atoms with van der Waals surface area (Å²) in [6, 6.07) is 7.11. The van der Waals surface area contributed by atoms with Gasteiger partial charge in [-0.1, -0.05) is 12.1 Å². The first-order chi connectivity index (χ1) is 9.22. The minimum absolute atomic E-state index is 0.159. The maximum atomic E-state index is 12.6. The Morgan fingerprint density at radius 3 is 2.53 bits per heavy atom. The summed E-state index contributed by atoms with van der Waals surface area (Å²) < 4.78 is 12.0. The summed E-state index contributed by atoms with van der Waals surface area (Å²) in [6.45, 7) is 2.52. The Balaban J connectivity index is 2.52. The number of benzene rings is 1. The molecule has 0 bridgehead atoms. The maximum absolute atomic E-state index is 12.6. The Labute approximate surface area is 111 Å². The number of nitrogens with zero attached hydrogens (tertiary/aromatic N) is 2. The molecule has 5 nitrogen and oxygen atoms in total. The van der Waals surface area contributed by atoms with Crippen LogP contribution in [0.15, 0.2) is 30.5 Å². The van der Waals surface area contributed by atoms with Crippen molar-refractivity contribution in [3.05, 3.63) is 41.7 Å². The SMILES string of the molecule is CCn1ncc(OC)c1C(=O)c1ccccc1OC. The molecular formula is C14H16N2O3. The van der Waals surface area contributed by atoms with Crippen LogP contribution in [0.4, 0.5) is 0 Å². The van der Waals surface area contributed by atoms with E-state index in [9.17, 15) is 4.79 Å². The van der Waals surface area contributed by atoms with E-state index in [0.717, 1.165) is 0 Å². The van der Waals surface area contributed by atoms with Crippen LogP contribution < -0.4 is 9.47 Å². The Hall–Kier alpha value is -2.30. The summed E-state index contributed by atoms with van der Waals surface area (Å²) in [5.74, 6) is 0.852. The van der Waals surface area contributed by atoms with E-state index in [4.69, 9.17) is 9.47 Å². The van der Waals surface area contributed by atoms with E-state index in [1.807, 2.05) is 13.0 Å². The van der Waals surface area contributed by atoms with Gasteiger partial charge in [0.25, 0.3) is 0 Å². The number of para-hydroxylation sites is 1. The molecule has 0 unspecified atom stereocenters. The van der Waals surface area contributed by atoms with Crippen LogP contribution in [0.1, 0.15) is 23.0 Å². The van der Waals surface area contributed by atoms with Gasteiger partial charge in [-0.25, -0.2) is 0 Å². The van der Waals surface area contributed by atoms with Gasteiger partial charge < -0.3 is 9.47 Å². The van der Waals surface area contributed by atoms with Gasteiger partial charge in [0.15, 0.2) is 11.4 Å². The van der Waals surface area contributed by atoms with Crippen molar-refractivity contribution in [1.82, 2.24) is 9.78 Å². The van der Waals surface area contributed by atoms with E-state index < -0.39 is 0 Å². The molecule has 0 N–H and O–H groups in total. The largest absolute Gasteiger partial charge is 0.496 e. The first-order valence-electron chi connectivity index (χ1n) is 6.00. The quantitative estimate of drug-likeness (QED) is 0.773. The number of aryl methyl sites for hydroxylation is 1. The smallest absolute Gasteiger partial charge is 0.218 e. The van der Waals surface area contributed by atoms with Crippen molar-refractivity contribution in [1.29, 1.82) is 0 Å². The van der Waals surface area contributed by atoms with Crippen molar-refractivity contribution in [3.63, 3.8) is 0 Å². The van der Waals surface area contributed by atoms with Gasteiger partial charge >= 0.3 is 0 Å². The summed E-state index contributed by atoms with van der Waals surface area (Å²) in [6.07, 6.45) is 1.55. The molecule has 0 fully saturated rings. The molecule has 100 valence electrons. The van der Waals surface area contributed by atoms with Crippen LogP contribution in [0.25, 0.3) is 0 Å². The van der Waals surface area contributed by atoms with Crippen LogP contribution >= 0.6 is 0 Å². The predicted molar refractivity (Wildman–Crippen MR) is 70.9 cm³/mol. The molecule has 0 aliphatic carbocycles. The number of ether oxygens (including phenoxy) is 2. The second-order valence-corrected chi connectivity index (χ2v) is 3.91. The lowest BCUT2D eigenvalue weighted by Gasteiger charge is -2.09. The molecule has 1 aromatic carbocycles. The molecule has 0 saturated heterocycles. The molecule has 0 radical (unpaired) electrons. The highest BCUT2D eigenvalue weighted by Gasteiger charge is 2.22. The molecule has 1 aromatic heterocycles. The van der Waals surface area contributed by atoms with Crippen LogP contribution in [0.2, 0.25) is 0 Å². The van der Waals surface area contributed by atoms with Crippen molar-refractivity contribution < 1.29 is 14.3 Å². The predicted octanol–water partition coefficient (Wildman–Crippen LogP) is 2.15. The van der Waals surface area contributed by atoms with Gasteiger partial charge in [-0.05, 0) is 19.1 Å². The molecule has 0 amide bonds. The molecule has 1 heterocycles. The summed E-state index contributed by atoms with van der Waals surface area (Å²) in [4.78, 5) is 12.6. The molecular weight excluding hydrogens is 244 g/mol. The molecule has 0 aliphatic heterocycles. The third kappa shape index (κ3) is 2.31. The van der Waals surface area contributed by atoms with Gasteiger partial charge in [-0.15, -0.1) is 0 Å². The molecule has 5 heteroatoms. The molecule has 19 heavy (non-hydrogen) atoms. The molecule has 0 aliphatic rings. The number of ketones is 1. The fourth-order valence-corrected chi connectivity index (χ4v) is 1.95. The Kier molecular flexibility index (Phi) is 3.85. The average Bonchev–Trinajstić information content (AvgIpc) is 2.89. The minimum atomic E-state index is -0.159. The van der Waals surface area contributed by atoms with Crippen molar-refractivity contribution in [2.75, 3.05) is 14.2 Å². The lowest BCUT2D eigenvalue weighted by atomic mass is 10.1. The summed E-state index contributed by atoms with van der Waals surface area (Å²) in [5, 5.41) is 4.14. The molecule has 0 saturated carbocycles. The Bertz CT molecular complexity index is 569. The summed E-state index contributed by atoms with van der Waals surface area (Å²) in [5.41, 5.74) is 0.938. The van der Waals surface area contributed by atoms with Crippen molar-refractivity contribution >= 4 is 5.78 Å². The zero-order valence-electron chi connectivity index (χ0n) is 11.2. The molecule has 2 aromatic rings. The van der Waals surface area contributed by atoms with Crippen LogP contribution in [0.5, 0.6) is 11.5 Å². The van der Waals surface area contributed by atoms with E-state index >= 15 is 0 Å². The zero-order chi connectivity index (χ0) is 13.8. The topological polar surface area (TPSA) is 53.4 Å². The fraction of sp³-hybridized carbons (Fsp3) is 0.286. The van der Waals surface area contributed by atoms with E-state index in [1.165, 1.54) is 7.11 Å². The normalized spacial score (nSPS) is 10.3. The van der Waals surface area contributed by atoms with Crippen LogP contribution in [0.3, 0.4) is 0 Å². The van der Waals surface area contributed by atoms with Crippen LogP contribution in [-0.2, 0) is 6.54 Å².